The van der Waals surface area contributed by atoms with Gasteiger partial charge < -0.3 is 19.5 Å². The van der Waals surface area contributed by atoms with E-state index in [0.29, 0.717) is 24.5 Å². The number of fused-ring (bicyclic) bond motifs is 2. The number of amides is 1. The van der Waals surface area contributed by atoms with Crippen LogP contribution in [0.1, 0.15) is 131 Å². The predicted octanol–water partition coefficient (Wildman–Crippen LogP) is 11.2. The molecule has 10 nitrogen and oxygen atoms in total. The molecule has 0 bridgehead atoms. The molecule has 1 amide bonds. The summed E-state index contributed by atoms with van der Waals surface area (Å²) in [5.74, 6) is 1.05. The molecule has 2 aromatic carbocycles. The van der Waals surface area contributed by atoms with Gasteiger partial charge in [-0.3, -0.25) is 14.3 Å². The van der Waals surface area contributed by atoms with Crippen molar-refractivity contribution in [1.82, 2.24) is 19.6 Å². The molecule has 2 aromatic heterocycles. The minimum Gasteiger partial charge on any atom is -0.489 e. The molecule has 8 rings (SSSR count). The van der Waals surface area contributed by atoms with Crippen LogP contribution in [0.5, 0.6) is 11.5 Å². The second kappa shape index (κ2) is 17.4. The molecule has 4 aliphatic rings. The van der Waals surface area contributed by atoms with Crippen LogP contribution in [0.3, 0.4) is 0 Å². The van der Waals surface area contributed by atoms with E-state index in [2.05, 4.69) is 15.5 Å². The van der Waals surface area contributed by atoms with E-state index in [1.807, 2.05) is 32.9 Å². The molecule has 2 aliphatic carbocycles. The highest BCUT2D eigenvalue weighted by molar-refractivity contribution is 5.90. The lowest BCUT2D eigenvalue weighted by Gasteiger charge is -2.24. The van der Waals surface area contributed by atoms with Gasteiger partial charge in [0.05, 0.1) is 17.8 Å². The fourth-order valence-corrected chi connectivity index (χ4v) is 8.28. The zero-order valence-electron chi connectivity index (χ0n) is 33.7. The van der Waals surface area contributed by atoms with Crippen molar-refractivity contribution in [3.8, 4) is 11.5 Å². The van der Waals surface area contributed by atoms with Crippen LogP contribution in [0, 0.1) is 0 Å². The summed E-state index contributed by atoms with van der Waals surface area (Å²) >= 11 is 0. The first-order valence-electron chi connectivity index (χ1n) is 20.6. The van der Waals surface area contributed by atoms with Crippen LogP contribution in [0.2, 0.25) is 0 Å². The maximum Gasteiger partial charge on any atom is 0.435 e. The smallest absolute Gasteiger partial charge is 0.435 e. The Balaban J connectivity index is 0.000000184. The Labute approximate surface area is 340 Å². The first-order chi connectivity index (χ1) is 28.0. The largest absolute Gasteiger partial charge is 0.489 e. The summed E-state index contributed by atoms with van der Waals surface area (Å²) < 4.78 is 101. The number of ether oxygens (including phenoxy) is 3. The van der Waals surface area contributed by atoms with E-state index in [1.54, 1.807) is 29.2 Å². The second-order valence-electron chi connectivity index (χ2n) is 16.8. The zero-order valence-corrected chi connectivity index (χ0v) is 33.7. The minimum absolute atomic E-state index is 0.00688. The van der Waals surface area contributed by atoms with E-state index < -0.39 is 35.4 Å². The molecule has 16 heteroatoms. The first kappa shape index (κ1) is 42.2. The van der Waals surface area contributed by atoms with Gasteiger partial charge in [-0.15, -0.1) is 0 Å². The van der Waals surface area contributed by atoms with Gasteiger partial charge in [0.25, 0.3) is 0 Å². The van der Waals surface area contributed by atoms with Crippen molar-refractivity contribution in [2.45, 2.75) is 141 Å². The number of hydrogen-bond acceptors (Lipinski definition) is 7. The molecule has 4 heterocycles. The van der Waals surface area contributed by atoms with Gasteiger partial charge in [0, 0.05) is 42.3 Å². The molecule has 1 N–H and O–H groups in total. The van der Waals surface area contributed by atoms with E-state index in [-0.39, 0.29) is 36.4 Å². The lowest BCUT2D eigenvalue weighted by molar-refractivity contribution is -0.143. The van der Waals surface area contributed by atoms with E-state index in [0.717, 1.165) is 99.7 Å². The lowest BCUT2D eigenvalue weighted by Crippen LogP contribution is -2.35. The van der Waals surface area contributed by atoms with Crippen molar-refractivity contribution in [2.75, 3.05) is 23.3 Å². The summed E-state index contributed by atoms with van der Waals surface area (Å²) in [6.07, 6.45) is 4.93. The van der Waals surface area contributed by atoms with Gasteiger partial charge in [0.2, 0.25) is 0 Å². The zero-order chi connectivity index (χ0) is 42.0. The SMILES string of the molecule is CC(C)(C)OC(=O)N1CCc2cc(OCc3cn(C4CCCCC4)nc3C(F)(F)F)ccc21.FC(F)(F)c1nn(C2CCCCC2)cc1COc1ccc2c(c1)CCN2. The Morgan fingerprint density at radius 1 is 0.712 bits per heavy atom. The van der Waals surface area contributed by atoms with E-state index >= 15 is 0 Å². The number of carbonyl (C=O) groups excluding carboxylic acids is 1. The Bertz CT molecular complexity index is 2080. The summed E-state index contributed by atoms with van der Waals surface area (Å²) in [7, 11) is 0. The topological polar surface area (TPSA) is 95.7 Å². The number of halogens is 6. The molecular weight excluding hydrogens is 778 g/mol. The van der Waals surface area contributed by atoms with Crippen molar-refractivity contribution in [2.24, 2.45) is 0 Å². The number of nitrogens with one attached hydrogen (secondary N) is 1. The summed E-state index contributed by atoms with van der Waals surface area (Å²) in [6.45, 7) is 6.44. The van der Waals surface area contributed by atoms with Crippen molar-refractivity contribution < 1.29 is 45.3 Å². The molecule has 2 aliphatic heterocycles. The molecule has 4 aromatic rings. The van der Waals surface area contributed by atoms with Crippen molar-refractivity contribution in [1.29, 1.82) is 0 Å². The van der Waals surface area contributed by atoms with Crippen LogP contribution in [0.25, 0.3) is 0 Å². The highest BCUT2D eigenvalue weighted by Crippen LogP contribution is 2.38. The monoisotopic (exact) mass is 830 g/mol. The maximum atomic E-state index is 13.6. The Morgan fingerprint density at radius 2 is 1.22 bits per heavy atom. The fourth-order valence-electron chi connectivity index (χ4n) is 8.28. The van der Waals surface area contributed by atoms with Gasteiger partial charge in [-0.25, -0.2) is 4.79 Å². The summed E-state index contributed by atoms with van der Waals surface area (Å²) in [5.41, 5.74) is 1.66. The van der Waals surface area contributed by atoms with Crippen LogP contribution in [-0.4, -0.2) is 44.3 Å². The van der Waals surface area contributed by atoms with Gasteiger partial charge in [-0.2, -0.15) is 36.5 Å². The normalized spacial score (nSPS) is 17.5. The van der Waals surface area contributed by atoms with Gasteiger partial charge in [0.15, 0.2) is 11.4 Å². The number of anilines is 2. The second-order valence-corrected chi connectivity index (χ2v) is 16.8. The molecule has 320 valence electrons. The maximum absolute atomic E-state index is 13.6. The predicted molar refractivity (Wildman–Crippen MR) is 210 cm³/mol. The molecule has 0 saturated heterocycles. The quantitative estimate of drug-likeness (QED) is 0.177. The van der Waals surface area contributed by atoms with Crippen LogP contribution in [0.15, 0.2) is 48.8 Å². The van der Waals surface area contributed by atoms with Gasteiger partial charge in [-0.1, -0.05) is 38.5 Å². The highest BCUT2D eigenvalue weighted by Gasteiger charge is 2.39. The number of aromatic nitrogens is 4. The Morgan fingerprint density at radius 3 is 1.73 bits per heavy atom. The van der Waals surface area contributed by atoms with Gasteiger partial charge in [0.1, 0.15) is 30.3 Å². The number of carbonyl (C=O) groups is 1. The number of alkyl halides is 6. The summed E-state index contributed by atoms with van der Waals surface area (Å²) in [5, 5.41) is 11.0. The van der Waals surface area contributed by atoms with E-state index in [1.165, 1.54) is 21.8 Å². The Kier molecular flexibility index (Phi) is 12.4. The standard InChI is InChI=1S/C24H30F3N3O3.C19H22F3N3O/c1-23(2,3)33-22(31)29-12-11-16-13-19(9-10-20(16)29)32-15-17-14-30(18-7-5-4-6-8-18)28-21(17)24(25,26)27;20-19(21,22)18-14(11-25(24-18)15-4-2-1-3-5-15)12-26-16-6-7-17-13(10-16)8-9-23-17/h9-10,13-14,18H,4-8,11-12,15H2,1-3H3;6-7,10-11,15,23H,1-5,8-9,12H2. The van der Waals surface area contributed by atoms with Crippen molar-refractivity contribution in [3.63, 3.8) is 0 Å². The molecule has 0 unspecified atom stereocenters. The van der Waals surface area contributed by atoms with Gasteiger partial charge in [-0.05, 0) is 107 Å². The highest BCUT2D eigenvalue weighted by atomic mass is 19.4. The third-order valence-electron chi connectivity index (χ3n) is 11.2. The third kappa shape index (κ3) is 10.5. The van der Waals surface area contributed by atoms with Crippen LogP contribution in [-0.2, 0) is 43.1 Å². The lowest BCUT2D eigenvalue weighted by atomic mass is 9.96. The molecule has 0 spiro atoms. The third-order valence-corrected chi connectivity index (χ3v) is 11.2. The fraction of sp³-hybridized carbons (Fsp3) is 0.558. The van der Waals surface area contributed by atoms with E-state index in [9.17, 15) is 31.1 Å². The minimum atomic E-state index is -4.54. The van der Waals surface area contributed by atoms with E-state index in [4.69, 9.17) is 14.2 Å². The molecule has 0 atom stereocenters. The number of nitrogens with zero attached hydrogens (tertiary/aromatic N) is 5. The van der Waals surface area contributed by atoms with Crippen LogP contribution < -0.4 is 19.7 Å². The summed E-state index contributed by atoms with van der Waals surface area (Å²) in [6, 6.07) is 10.9. The first-order valence-corrected chi connectivity index (χ1v) is 20.6. The van der Waals surface area contributed by atoms with Crippen LogP contribution >= 0.6 is 0 Å². The molecule has 2 fully saturated rings. The number of benzene rings is 2. The van der Waals surface area contributed by atoms with Crippen molar-refractivity contribution >= 4 is 17.5 Å². The molecule has 0 radical (unpaired) electrons. The molecular formula is C43H52F6N6O4. The van der Waals surface area contributed by atoms with Crippen LogP contribution in [0.4, 0.5) is 42.5 Å². The molecule has 2 saturated carbocycles. The van der Waals surface area contributed by atoms with Crippen molar-refractivity contribution in [3.05, 3.63) is 82.4 Å². The average molecular weight is 831 g/mol. The summed E-state index contributed by atoms with van der Waals surface area (Å²) in [4.78, 5) is 14.0. The van der Waals surface area contributed by atoms with Gasteiger partial charge >= 0.3 is 18.4 Å². The number of hydrogen-bond donors (Lipinski definition) is 1. The molecule has 59 heavy (non-hydrogen) atoms. The Hall–Kier alpha value is -4.89. The average Bonchev–Trinajstić information content (AvgIpc) is 4.01. The number of rotatable bonds is 8.